The van der Waals surface area contributed by atoms with Gasteiger partial charge in [0.15, 0.2) is 5.54 Å². The van der Waals surface area contributed by atoms with Gasteiger partial charge in [-0.3, -0.25) is 0 Å². The summed E-state index contributed by atoms with van der Waals surface area (Å²) in [4.78, 5) is 16.8. The third-order valence-corrected chi connectivity index (χ3v) is 4.27. The number of carbonyl (C=O) groups is 1. The third kappa shape index (κ3) is 2.13. The molecule has 9 heteroatoms. The summed E-state index contributed by atoms with van der Waals surface area (Å²) in [7, 11) is 0. The van der Waals surface area contributed by atoms with Crippen molar-refractivity contribution in [3.05, 3.63) is 22.8 Å². The molecule has 3 rings (SSSR count). The number of hydrogen-bond donors (Lipinski definition) is 2. The Balaban J connectivity index is 2.00. The van der Waals surface area contributed by atoms with Crippen molar-refractivity contribution < 1.29 is 23.1 Å². The highest BCUT2D eigenvalue weighted by Gasteiger charge is 2.57. The number of piperazine rings is 1. The first-order chi connectivity index (χ1) is 9.74. The number of rotatable bonds is 2. The Morgan fingerprint density at radius 3 is 2.81 bits per heavy atom. The fraction of sp³-hybridized carbons (Fsp3) is 0.500. The van der Waals surface area contributed by atoms with Crippen molar-refractivity contribution in [2.75, 3.05) is 18.0 Å². The van der Waals surface area contributed by atoms with Gasteiger partial charge in [-0.25, -0.2) is 9.78 Å². The Kier molecular flexibility index (Phi) is 3.07. The Morgan fingerprint density at radius 2 is 2.29 bits per heavy atom. The van der Waals surface area contributed by atoms with E-state index in [-0.39, 0.29) is 23.4 Å². The number of halogens is 4. The lowest BCUT2D eigenvalue weighted by Gasteiger charge is -2.36. The van der Waals surface area contributed by atoms with Crippen LogP contribution in [0, 0.1) is 0 Å². The minimum absolute atomic E-state index is 0.0266. The van der Waals surface area contributed by atoms with Crippen molar-refractivity contribution in [3.63, 3.8) is 0 Å². The monoisotopic (exact) mass is 321 g/mol. The number of hydrogen-bond acceptors (Lipinski definition) is 4. The second-order valence-electron chi connectivity index (χ2n) is 5.26. The van der Waals surface area contributed by atoms with Crippen LogP contribution >= 0.6 is 11.6 Å². The van der Waals surface area contributed by atoms with Crippen LogP contribution in [-0.4, -0.2) is 40.7 Å². The number of pyridine rings is 1. The maximum Gasteiger partial charge on any atom is 0.417 e. The molecule has 0 radical (unpaired) electrons. The fourth-order valence-electron chi connectivity index (χ4n) is 2.95. The van der Waals surface area contributed by atoms with E-state index < -0.39 is 23.2 Å². The zero-order valence-corrected chi connectivity index (χ0v) is 11.4. The summed E-state index contributed by atoms with van der Waals surface area (Å²) in [5, 5.41) is 12.3. The Labute approximate surface area is 122 Å². The van der Waals surface area contributed by atoms with E-state index in [4.69, 9.17) is 11.6 Å². The summed E-state index contributed by atoms with van der Waals surface area (Å²) in [6.45, 7) is 0.566. The van der Waals surface area contributed by atoms with Crippen LogP contribution in [0.2, 0.25) is 5.02 Å². The zero-order chi connectivity index (χ0) is 15.4. The van der Waals surface area contributed by atoms with E-state index in [2.05, 4.69) is 10.3 Å². The number of nitrogens with zero attached hydrogens (tertiary/aromatic N) is 2. The summed E-state index contributed by atoms with van der Waals surface area (Å²) >= 11 is 5.90. The molecule has 2 aliphatic heterocycles. The van der Waals surface area contributed by atoms with Crippen molar-refractivity contribution in [2.45, 2.75) is 24.2 Å². The molecule has 0 aliphatic carbocycles. The van der Waals surface area contributed by atoms with Gasteiger partial charge in [0.25, 0.3) is 0 Å². The molecular formula is C12H11ClF3N3O2. The van der Waals surface area contributed by atoms with Crippen LogP contribution in [0.1, 0.15) is 12.0 Å². The standard InChI is InChI=1S/C12H11ClF3N3O2/c13-8-1-6(12(14,15)16)3-17-9(8)19-4-7-2-11(19,5-18-7)10(20)21/h1,3,7,18H,2,4-5H2,(H,20,21)/t7-,11-/m0/s1. The van der Waals surface area contributed by atoms with Gasteiger partial charge in [-0.1, -0.05) is 11.6 Å². The van der Waals surface area contributed by atoms with Gasteiger partial charge in [-0.05, 0) is 12.5 Å². The van der Waals surface area contributed by atoms with Gasteiger partial charge >= 0.3 is 12.1 Å². The molecule has 2 fully saturated rings. The molecule has 5 nitrogen and oxygen atoms in total. The summed E-state index contributed by atoms with van der Waals surface area (Å²) < 4.78 is 37.8. The van der Waals surface area contributed by atoms with E-state index in [0.29, 0.717) is 19.2 Å². The zero-order valence-electron chi connectivity index (χ0n) is 10.6. The molecule has 2 bridgehead atoms. The van der Waals surface area contributed by atoms with E-state index >= 15 is 0 Å². The van der Waals surface area contributed by atoms with Crippen LogP contribution in [0.4, 0.5) is 19.0 Å². The fourth-order valence-corrected chi connectivity index (χ4v) is 3.22. The van der Waals surface area contributed by atoms with Crippen LogP contribution in [0.5, 0.6) is 0 Å². The second-order valence-corrected chi connectivity index (χ2v) is 5.66. The van der Waals surface area contributed by atoms with Crippen LogP contribution in [-0.2, 0) is 11.0 Å². The van der Waals surface area contributed by atoms with E-state index in [1.807, 2.05) is 0 Å². The molecule has 2 aliphatic rings. The van der Waals surface area contributed by atoms with E-state index in [1.54, 1.807) is 0 Å². The molecule has 0 aromatic carbocycles. The van der Waals surface area contributed by atoms with Crippen LogP contribution in [0.15, 0.2) is 12.3 Å². The lowest BCUT2D eigenvalue weighted by Crippen LogP contribution is -2.58. The van der Waals surface area contributed by atoms with Gasteiger partial charge in [0, 0.05) is 25.3 Å². The molecule has 0 spiro atoms. The average Bonchev–Trinajstić information content (AvgIpc) is 2.96. The highest BCUT2D eigenvalue weighted by Crippen LogP contribution is 2.41. The topological polar surface area (TPSA) is 65.5 Å². The molecule has 2 atom stereocenters. The van der Waals surface area contributed by atoms with E-state index in [9.17, 15) is 23.1 Å². The molecule has 0 amide bonds. The predicted octanol–water partition coefficient (Wildman–Crippen LogP) is 1.76. The van der Waals surface area contributed by atoms with Gasteiger partial charge < -0.3 is 15.3 Å². The molecular weight excluding hydrogens is 311 g/mol. The van der Waals surface area contributed by atoms with Crippen molar-refractivity contribution in [3.8, 4) is 0 Å². The van der Waals surface area contributed by atoms with E-state index in [0.717, 1.165) is 6.07 Å². The SMILES string of the molecule is O=C(O)[C@]12CN[C@H](CN1c1ncc(C(F)(F)F)cc1Cl)C2. The smallest absolute Gasteiger partial charge is 0.417 e. The van der Waals surface area contributed by atoms with Crippen LogP contribution in [0.25, 0.3) is 0 Å². The van der Waals surface area contributed by atoms with Crippen molar-refractivity contribution in [1.82, 2.24) is 10.3 Å². The van der Waals surface area contributed by atoms with Crippen LogP contribution in [0.3, 0.4) is 0 Å². The minimum atomic E-state index is -4.54. The highest BCUT2D eigenvalue weighted by molar-refractivity contribution is 6.33. The lowest BCUT2D eigenvalue weighted by atomic mass is 9.99. The average molecular weight is 322 g/mol. The molecule has 0 saturated carbocycles. The Morgan fingerprint density at radius 1 is 1.57 bits per heavy atom. The number of anilines is 1. The van der Waals surface area contributed by atoms with Crippen molar-refractivity contribution in [2.24, 2.45) is 0 Å². The highest BCUT2D eigenvalue weighted by atomic mass is 35.5. The molecule has 1 aromatic heterocycles. The lowest BCUT2D eigenvalue weighted by molar-refractivity contribution is -0.142. The number of nitrogens with one attached hydrogen (secondary N) is 1. The normalized spacial score (nSPS) is 28.2. The number of carboxylic acid groups (broad SMARTS) is 1. The van der Waals surface area contributed by atoms with Crippen LogP contribution < -0.4 is 10.2 Å². The largest absolute Gasteiger partial charge is 0.479 e. The summed E-state index contributed by atoms with van der Waals surface area (Å²) in [6.07, 6.45) is -3.48. The molecule has 1 aromatic rings. The number of fused-ring (bicyclic) bond motifs is 2. The third-order valence-electron chi connectivity index (χ3n) is 3.99. The van der Waals surface area contributed by atoms with Crippen molar-refractivity contribution >= 4 is 23.4 Å². The first-order valence-corrected chi connectivity index (χ1v) is 6.59. The second kappa shape index (κ2) is 4.48. The molecule has 3 heterocycles. The van der Waals surface area contributed by atoms with Gasteiger partial charge in [0.2, 0.25) is 0 Å². The van der Waals surface area contributed by atoms with Gasteiger partial charge in [0.05, 0.1) is 10.6 Å². The maximum absolute atomic E-state index is 12.6. The molecule has 2 saturated heterocycles. The Hall–Kier alpha value is -1.54. The van der Waals surface area contributed by atoms with Crippen molar-refractivity contribution in [1.29, 1.82) is 0 Å². The first kappa shape index (κ1) is 14.4. The summed E-state index contributed by atoms with van der Waals surface area (Å²) in [5.41, 5.74) is -2.15. The number of carboxylic acids is 1. The predicted molar refractivity (Wildman–Crippen MR) is 68.4 cm³/mol. The molecule has 0 unspecified atom stereocenters. The summed E-state index contributed by atoms with van der Waals surface area (Å²) in [5.74, 6) is -0.955. The molecule has 114 valence electrons. The maximum atomic E-state index is 12.6. The number of aliphatic carboxylic acids is 1. The van der Waals surface area contributed by atoms with Gasteiger partial charge in [-0.2, -0.15) is 13.2 Å². The number of alkyl halides is 3. The summed E-state index contributed by atoms with van der Waals surface area (Å²) in [6, 6.07) is 0.750. The Bertz CT molecular complexity index is 610. The molecule has 21 heavy (non-hydrogen) atoms. The van der Waals surface area contributed by atoms with E-state index in [1.165, 1.54) is 4.90 Å². The molecule has 2 N–H and O–H groups in total. The minimum Gasteiger partial charge on any atom is -0.479 e. The van der Waals surface area contributed by atoms with Gasteiger partial charge in [-0.15, -0.1) is 0 Å². The first-order valence-electron chi connectivity index (χ1n) is 6.21. The van der Waals surface area contributed by atoms with Gasteiger partial charge in [0.1, 0.15) is 5.82 Å². The quantitative estimate of drug-likeness (QED) is 0.869. The number of aromatic nitrogens is 1.